The van der Waals surface area contributed by atoms with Crippen molar-refractivity contribution in [1.29, 1.82) is 0 Å². The van der Waals surface area contributed by atoms with Crippen LogP contribution in [0.25, 0.3) is 11.4 Å². The predicted octanol–water partition coefficient (Wildman–Crippen LogP) is 2.01. The summed E-state index contributed by atoms with van der Waals surface area (Å²) in [5, 5.41) is 3.02. The monoisotopic (exact) mass is 232 g/mol. The van der Waals surface area contributed by atoms with E-state index in [9.17, 15) is 0 Å². The highest BCUT2D eigenvalue weighted by molar-refractivity contribution is 7.10. The van der Waals surface area contributed by atoms with Gasteiger partial charge in [-0.2, -0.15) is 0 Å². The number of aromatic nitrogens is 3. The molecule has 0 saturated heterocycles. The van der Waals surface area contributed by atoms with E-state index >= 15 is 0 Å². The molecule has 1 unspecified atom stereocenters. The number of hydrogen-bond acceptors (Lipinski definition) is 5. The van der Waals surface area contributed by atoms with Gasteiger partial charge in [0.25, 0.3) is 0 Å². The average Bonchev–Trinajstić information content (AvgIpc) is 3.07. The van der Waals surface area contributed by atoms with Crippen molar-refractivity contribution in [3.8, 4) is 11.4 Å². The van der Waals surface area contributed by atoms with Crippen molar-refractivity contribution in [1.82, 2.24) is 15.0 Å². The predicted molar refractivity (Wildman–Crippen MR) is 62.8 cm³/mol. The molecule has 0 aromatic carbocycles. The number of nitrogens with two attached hydrogens (primary N) is 1. The molecule has 0 bridgehead atoms. The van der Waals surface area contributed by atoms with Crippen molar-refractivity contribution < 1.29 is 0 Å². The second-order valence-corrected chi connectivity index (χ2v) is 4.91. The summed E-state index contributed by atoms with van der Waals surface area (Å²) < 4.78 is 0. The van der Waals surface area contributed by atoms with E-state index in [1.807, 2.05) is 5.38 Å². The molecular formula is C11H12N4S. The molecule has 0 amide bonds. The number of thiazole rings is 1. The van der Waals surface area contributed by atoms with E-state index in [0.29, 0.717) is 5.92 Å². The van der Waals surface area contributed by atoms with Gasteiger partial charge >= 0.3 is 0 Å². The van der Waals surface area contributed by atoms with E-state index in [0.717, 1.165) is 16.4 Å². The summed E-state index contributed by atoms with van der Waals surface area (Å²) in [5.41, 5.74) is 7.80. The SMILES string of the molecule is NC(c1nc(-c2cnccn2)cs1)C1CC1. The summed E-state index contributed by atoms with van der Waals surface area (Å²) in [6.07, 6.45) is 7.53. The zero-order valence-electron chi connectivity index (χ0n) is 8.71. The Morgan fingerprint density at radius 2 is 2.19 bits per heavy atom. The molecule has 0 radical (unpaired) electrons. The van der Waals surface area contributed by atoms with Crippen LogP contribution in [0.1, 0.15) is 23.9 Å². The molecule has 82 valence electrons. The third-order valence-electron chi connectivity index (χ3n) is 2.76. The molecule has 1 fully saturated rings. The van der Waals surface area contributed by atoms with Crippen LogP contribution < -0.4 is 5.73 Å². The van der Waals surface area contributed by atoms with Gasteiger partial charge in [0.15, 0.2) is 0 Å². The van der Waals surface area contributed by atoms with Gasteiger partial charge in [0.05, 0.1) is 12.2 Å². The molecule has 0 spiro atoms. The van der Waals surface area contributed by atoms with Crippen LogP contribution in [-0.2, 0) is 0 Å². The molecule has 16 heavy (non-hydrogen) atoms. The molecule has 2 aromatic heterocycles. The van der Waals surface area contributed by atoms with Crippen molar-refractivity contribution in [2.45, 2.75) is 18.9 Å². The largest absolute Gasteiger partial charge is 0.322 e. The summed E-state index contributed by atoms with van der Waals surface area (Å²) in [6.45, 7) is 0. The molecule has 2 aromatic rings. The zero-order chi connectivity index (χ0) is 11.0. The van der Waals surface area contributed by atoms with E-state index < -0.39 is 0 Å². The Hall–Kier alpha value is -1.33. The molecule has 1 atom stereocenters. The summed E-state index contributed by atoms with van der Waals surface area (Å²) in [7, 11) is 0. The first-order valence-corrected chi connectivity index (χ1v) is 6.20. The molecule has 3 rings (SSSR count). The normalized spacial score (nSPS) is 17.3. The molecule has 2 heterocycles. The fourth-order valence-corrected chi connectivity index (χ4v) is 2.55. The smallest absolute Gasteiger partial charge is 0.110 e. The van der Waals surface area contributed by atoms with Crippen molar-refractivity contribution in [2.24, 2.45) is 11.7 Å². The number of nitrogens with zero attached hydrogens (tertiary/aromatic N) is 3. The molecule has 1 aliphatic carbocycles. The molecular weight excluding hydrogens is 220 g/mol. The van der Waals surface area contributed by atoms with Gasteiger partial charge in [-0.25, -0.2) is 4.98 Å². The van der Waals surface area contributed by atoms with Crippen molar-refractivity contribution in [3.05, 3.63) is 29.0 Å². The van der Waals surface area contributed by atoms with Gasteiger partial charge in [0, 0.05) is 17.8 Å². The first kappa shape index (κ1) is 9.86. The highest BCUT2D eigenvalue weighted by Gasteiger charge is 2.31. The van der Waals surface area contributed by atoms with Gasteiger partial charge in [-0.1, -0.05) is 0 Å². The standard InChI is InChI=1S/C11H12N4S/c12-10(7-1-2-7)11-15-9(6-16-11)8-5-13-3-4-14-8/h3-7,10H,1-2,12H2. The van der Waals surface area contributed by atoms with Crippen LogP contribution in [0.15, 0.2) is 24.0 Å². The van der Waals surface area contributed by atoms with Crippen LogP contribution in [0.5, 0.6) is 0 Å². The van der Waals surface area contributed by atoms with Crippen LogP contribution >= 0.6 is 11.3 Å². The van der Waals surface area contributed by atoms with Crippen molar-refractivity contribution in [3.63, 3.8) is 0 Å². The molecule has 0 aliphatic heterocycles. The molecule has 1 aliphatic rings. The van der Waals surface area contributed by atoms with Crippen LogP contribution in [0.3, 0.4) is 0 Å². The summed E-state index contributed by atoms with van der Waals surface area (Å²) in [6, 6.07) is 0.107. The van der Waals surface area contributed by atoms with Crippen molar-refractivity contribution in [2.75, 3.05) is 0 Å². The lowest BCUT2D eigenvalue weighted by Gasteiger charge is -2.04. The van der Waals surface area contributed by atoms with Crippen LogP contribution in [0, 0.1) is 5.92 Å². The lowest BCUT2D eigenvalue weighted by Crippen LogP contribution is -2.11. The topological polar surface area (TPSA) is 64.7 Å². The molecule has 4 nitrogen and oxygen atoms in total. The van der Waals surface area contributed by atoms with Gasteiger partial charge in [-0.3, -0.25) is 9.97 Å². The average molecular weight is 232 g/mol. The van der Waals surface area contributed by atoms with Gasteiger partial charge < -0.3 is 5.73 Å². The second kappa shape index (κ2) is 3.92. The Labute approximate surface area is 97.6 Å². The van der Waals surface area contributed by atoms with Gasteiger partial charge in [-0.15, -0.1) is 11.3 Å². The zero-order valence-corrected chi connectivity index (χ0v) is 9.52. The summed E-state index contributed by atoms with van der Waals surface area (Å²) in [4.78, 5) is 12.8. The minimum atomic E-state index is 0.107. The highest BCUT2D eigenvalue weighted by atomic mass is 32.1. The van der Waals surface area contributed by atoms with Crippen molar-refractivity contribution >= 4 is 11.3 Å². The van der Waals surface area contributed by atoms with E-state index in [-0.39, 0.29) is 6.04 Å². The third-order valence-corrected chi connectivity index (χ3v) is 3.71. The Morgan fingerprint density at radius 1 is 1.31 bits per heavy atom. The molecule has 2 N–H and O–H groups in total. The summed E-state index contributed by atoms with van der Waals surface area (Å²) >= 11 is 1.62. The Kier molecular flexibility index (Phi) is 2.41. The van der Waals surface area contributed by atoms with Gasteiger partial charge in [0.1, 0.15) is 16.4 Å². The van der Waals surface area contributed by atoms with E-state index in [2.05, 4.69) is 15.0 Å². The van der Waals surface area contributed by atoms with Gasteiger partial charge in [-0.05, 0) is 18.8 Å². The lowest BCUT2D eigenvalue weighted by molar-refractivity contribution is 0.629. The quantitative estimate of drug-likeness (QED) is 0.879. The van der Waals surface area contributed by atoms with Crippen LogP contribution in [0.4, 0.5) is 0 Å². The highest BCUT2D eigenvalue weighted by Crippen LogP contribution is 2.40. The van der Waals surface area contributed by atoms with E-state index in [4.69, 9.17) is 5.73 Å². The second-order valence-electron chi connectivity index (χ2n) is 4.02. The fourth-order valence-electron chi connectivity index (χ4n) is 1.65. The minimum absolute atomic E-state index is 0.107. The summed E-state index contributed by atoms with van der Waals surface area (Å²) in [5.74, 6) is 0.640. The molecule has 5 heteroatoms. The van der Waals surface area contributed by atoms with E-state index in [1.165, 1.54) is 12.8 Å². The van der Waals surface area contributed by atoms with Gasteiger partial charge in [0.2, 0.25) is 0 Å². The first-order chi connectivity index (χ1) is 7.84. The fraction of sp³-hybridized carbons (Fsp3) is 0.364. The first-order valence-electron chi connectivity index (χ1n) is 5.32. The van der Waals surface area contributed by atoms with E-state index in [1.54, 1.807) is 29.9 Å². The molecule has 1 saturated carbocycles. The van der Waals surface area contributed by atoms with Crippen LogP contribution in [-0.4, -0.2) is 15.0 Å². The maximum atomic E-state index is 6.10. The number of hydrogen-bond donors (Lipinski definition) is 1. The minimum Gasteiger partial charge on any atom is -0.322 e. The maximum Gasteiger partial charge on any atom is 0.110 e. The Balaban J connectivity index is 1.87. The van der Waals surface area contributed by atoms with Crippen LogP contribution in [0.2, 0.25) is 0 Å². The maximum absolute atomic E-state index is 6.10. The lowest BCUT2D eigenvalue weighted by atomic mass is 10.2. The Bertz CT molecular complexity index is 478. The Morgan fingerprint density at radius 3 is 2.88 bits per heavy atom. The number of rotatable bonds is 3. The third kappa shape index (κ3) is 1.83.